The van der Waals surface area contributed by atoms with Crippen LogP contribution < -0.4 is 0 Å². The zero-order valence-electron chi connectivity index (χ0n) is 13.2. The Labute approximate surface area is 144 Å². The molecule has 0 aliphatic carbocycles. The first-order valence-corrected chi connectivity index (χ1v) is 8.47. The maximum absolute atomic E-state index is 13.7. The summed E-state index contributed by atoms with van der Waals surface area (Å²) in [4.78, 5) is 19.7. The molecule has 0 unspecified atom stereocenters. The number of hydrogen-bond acceptors (Lipinski definition) is 3. The highest BCUT2D eigenvalue weighted by atomic mass is 32.1. The molecule has 24 heavy (non-hydrogen) atoms. The lowest BCUT2D eigenvalue weighted by Gasteiger charge is -2.28. The first-order chi connectivity index (χ1) is 11.6. The van der Waals surface area contributed by atoms with E-state index in [0.29, 0.717) is 17.7 Å². The maximum atomic E-state index is 13.7. The van der Waals surface area contributed by atoms with E-state index in [1.807, 2.05) is 41.8 Å². The van der Waals surface area contributed by atoms with E-state index in [1.54, 1.807) is 35.5 Å². The van der Waals surface area contributed by atoms with E-state index in [-0.39, 0.29) is 11.7 Å². The minimum absolute atomic E-state index is 0.0302. The number of carbonyl (C=O) groups excluding carboxylic acids is 1. The van der Waals surface area contributed by atoms with Gasteiger partial charge in [0, 0.05) is 18.1 Å². The second-order valence-electron chi connectivity index (χ2n) is 5.47. The smallest absolute Gasteiger partial charge is 0.228 e. The maximum Gasteiger partial charge on any atom is 0.228 e. The zero-order valence-corrected chi connectivity index (χ0v) is 14.0. The van der Waals surface area contributed by atoms with Gasteiger partial charge in [0.1, 0.15) is 5.82 Å². The van der Waals surface area contributed by atoms with Crippen molar-refractivity contribution in [2.45, 2.75) is 12.5 Å². The van der Waals surface area contributed by atoms with Crippen LogP contribution in [-0.2, 0) is 11.2 Å². The molecule has 2 aromatic heterocycles. The fourth-order valence-corrected chi connectivity index (χ4v) is 3.33. The molecule has 5 heteroatoms. The molecule has 3 aromatic rings. The fraction of sp³-hybridized carbons (Fsp3) is 0.158. The van der Waals surface area contributed by atoms with E-state index < -0.39 is 6.04 Å². The molecule has 2 heterocycles. The molecule has 0 spiro atoms. The lowest BCUT2D eigenvalue weighted by molar-refractivity contribution is -0.130. The average Bonchev–Trinajstić information content (AvgIpc) is 3.09. The van der Waals surface area contributed by atoms with Crippen molar-refractivity contribution in [3.63, 3.8) is 0 Å². The van der Waals surface area contributed by atoms with Crippen LogP contribution in [0.5, 0.6) is 0 Å². The Balaban J connectivity index is 1.93. The van der Waals surface area contributed by atoms with Gasteiger partial charge in [-0.05, 0) is 41.3 Å². The van der Waals surface area contributed by atoms with E-state index >= 15 is 0 Å². The number of nitrogens with zero attached hydrogens (tertiary/aromatic N) is 2. The van der Waals surface area contributed by atoms with Crippen molar-refractivity contribution in [2.75, 3.05) is 7.05 Å². The summed E-state index contributed by atoms with van der Waals surface area (Å²) in [6, 6.07) is 15.3. The highest BCUT2D eigenvalue weighted by molar-refractivity contribution is 7.10. The number of amides is 1. The summed E-state index contributed by atoms with van der Waals surface area (Å²) in [5.41, 5.74) is 1.42. The molecular weight excluding hydrogens is 323 g/mol. The number of likely N-dealkylation sites (N-methyl/N-ethyl adjacent to an activating group) is 1. The van der Waals surface area contributed by atoms with E-state index in [4.69, 9.17) is 0 Å². The predicted octanol–water partition coefficient (Wildman–Crippen LogP) is 4.07. The molecule has 0 saturated carbocycles. The summed E-state index contributed by atoms with van der Waals surface area (Å²) in [7, 11) is 1.74. The quantitative estimate of drug-likeness (QED) is 0.701. The number of pyridine rings is 1. The number of halogens is 1. The summed E-state index contributed by atoms with van der Waals surface area (Å²) >= 11 is 1.55. The molecule has 3 rings (SSSR count). The Hall–Kier alpha value is -2.53. The van der Waals surface area contributed by atoms with E-state index in [0.717, 1.165) is 4.88 Å². The van der Waals surface area contributed by atoms with Crippen molar-refractivity contribution in [3.05, 3.63) is 88.1 Å². The molecule has 122 valence electrons. The summed E-state index contributed by atoms with van der Waals surface area (Å²) < 4.78 is 13.7. The number of thiophene rings is 1. The van der Waals surface area contributed by atoms with Crippen LogP contribution in [0.4, 0.5) is 4.39 Å². The minimum atomic E-state index is -0.422. The minimum Gasteiger partial charge on any atom is -0.333 e. The van der Waals surface area contributed by atoms with Gasteiger partial charge in [0.15, 0.2) is 0 Å². The Morgan fingerprint density at radius 3 is 2.75 bits per heavy atom. The third kappa shape index (κ3) is 3.68. The van der Waals surface area contributed by atoms with Gasteiger partial charge in [0.05, 0.1) is 18.2 Å². The Morgan fingerprint density at radius 1 is 1.21 bits per heavy atom. The summed E-state index contributed by atoms with van der Waals surface area (Å²) in [6.07, 6.45) is 2.01. The fourth-order valence-electron chi connectivity index (χ4n) is 2.64. The van der Waals surface area contributed by atoms with Gasteiger partial charge in [-0.25, -0.2) is 4.39 Å². The number of aromatic nitrogens is 1. The molecule has 1 atom stereocenters. The predicted molar refractivity (Wildman–Crippen MR) is 93.3 cm³/mol. The van der Waals surface area contributed by atoms with Gasteiger partial charge in [0.2, 0.25) is 5.91 Å². The van der Waals surface area contributed by atoms with Crippen molar-refractivity contribution in [1.29, 1.82) is 0 Å². The zero-order chi connectivity index (χ0) is 16.9. The summed E-state index contributed by atoms with van der Waals surface area (Å²) in [6.45, 7) is 0. The molecule has 0 bridgehead atoms. The van der Waals surface area contributed by atoms with Gasteiger partial charge in [-0.2, -0.15) is 0 Å². The van der Waals surface area contributed by atoms with Crippen LogP contribution in [0.3, 0.4) is 0 Å². The van der Waals surface area contributed by atoms with Crippen LogP contribution in [0.15, 0.2) is 66.2 Å². The van der Waals surface area contributed by atoms with Crippen molar-refractivity contribution >= 4 is 17.2 Å². The van der Waals surface area contributed by atoms with Crippen molar-refractivity contribution in [1.82, 2.24) is 9.88 Å². The van der Waals surface area contributed by atoms with Gasteiger partial charge in [-0.15, -0.1) is 11.3 Å². The normalized spacial score (nSPS) is 11.9. The third-order valence-electron chi connectivity index (χ3n) is 3.82. The van der Waals surface area contributed by atoms with Gasteiger partial charge in [0.25, 0.3) is 0 Å². The van der Waals surface area contributed by atoms with Crippen molar-refractivity contribution in [3.8, 4) is 0 Å². The van der Waals surface area contributed by atoms with E-state index in [2.05, 4.69) is 4.98 Å². The third-order valence-corrected chi connectivity index (χ3v) is 4.69. The lowest BCUT2D eigenvalue weighted by Crippen LogP contribution is -2.33. The Kier molecular flexibility index (Phi) is 5.01. The van der Waals surface area contributed by atoms with Crippen LogP contribution in [0.2, 0.25) is 0 Å². The molecule has 1 aromatic carbocycles. The van der Waals surface area contributed by atoms with Crippen LogP contribution >= 0.6 is 11.3 Å². The van der Waals surface area contributed by atoms with Gasteiger partial charge >= 0.3 is 0 Å². The van der Waals surface area contributed by atoms with Crippen LogP contribution in [0, 0.1) is 5.82 Å². The Bertz CT molecular complexity index is 805. The lowest BCUT2D eigenvalue weighted by atomic mass is 10.0. The highest BCUT2D eigenvalue weighted by Crippen LogP contribution is 2.27. The number of rotatable bonds is 5. The van der Waals surface area contributed by atoms with E-state index in [9.17, 15) is 9.18 Å². The first-order valence-electron chi connectivity index (χ1n) is 7.59. The first kappa shape index (κ1) is 16.3. The summed E-state index contributed by atoms with van der Waals surface area (Å²) in [5, 5.41) is 1.95. The van der Waals surface area contributed by atoms with Crippen molar-refractivity contribution in [2.24, 2.45) is 0 Å². The van der Waals surface area contributed by atoms with Gasteiger partial charge in [-0.1, -0.05) is 24.3 Å². The summed E-state index contributed by atoms with van der Waals surface area (Å²) in [5.74, 6) is -0.357. The topological polar surface area (TPSA) is 33.2 Å². The molecule has 3 nitrogen and oxygen atoms in total. The Morgan fingerprint density at radius 2 is 2.08 bits per heavy atom. The SMILES string of the molecule is CN(C(=O)Cc1cccs1)[C@@H](c1cccc(F)c1)c1ccccn1. The second kappa shape index (κ2) is 7.36. The molecule has 0 aliphatic rings. The van der Waals surface area contributed by atoms with Gasteiger partial charge < -0.3 is 4.90 Å². The second-order valence-corrected chi connectivity index (χ2v) is 6.51. The molecule has 0 radical (unpaired) electrons. The molecule has 0 fully saturated rings. The number of carbonyl (C=O) groups is 1. The highest BCUT2D eigenvalue weighted by Gasteiger charge is 2.25. The standard InChI is InChI=1S/C19H17FN2OS/c1-22(18(23)13-16-8-5-11-24-16)19(17-9-2-3-10-21-17)14-6-4-7-15(20)12-14/h2-12,19H,13H2,1H3/t19-/m0/s1. The van der Waals surface area contributed by atoms with Crippen molar-refractivity contribution < 1.29 is 9.18 Å². The molecular formula is C19H17FN2OS. The molecule has 1 amide bonds. The van der Waals surface area contributed by atoms with E-state index in [1.165, 1.54) is 12.1 Å². The van der Waals surface area contributed by atoms with Gasteiger partial charge in [-0.3, -0.25) is 9.78 Å². The molecule has 0 N–H and O–H groups in total. The molecule has 0 saturated heterocycles. The average molecular weight is 340 g/mol. The van der Waals surface area contributed by atoms with Crippen LogP contribution in [0.1, 0.15) is 22.2 Å². The van der Waals surface area contributed by atoms with Crippen LogP contribution in [-0.4, -0.2) is 22.8 Å². The molecule has 0 aliphatic heterocycles. The number of hydrogen-bond donors (Lipinski definition) is 0. The largest absolute Gasteiger partial charge is 0.333 e. The monoisotopic (exact) mass is 340 g/mol. The van der Waals surface area contributed by atoms with Crippen LogP contribution in [0.25, 0.3) is 0 Å². The number of benzene rings is 1.